The summed E-state index contributed by atoms with van der Waals surface area (Å²) in [7, 11) is 0. The van der Waals surface area contributed by atoms with Gasteiger partial charge in [-0.3, -0.25) is 4.79 Å². The highest BCUT2D eigenvalue weighted by molar-refractivity contribution is 5.96. The number of hydrogen-bond donors (Lipinski definition) is 2. The number of carbonyl (C=O) groups is 1. The van der Waals surface area contributed by atoms with Crippen molar-refractivity contribution in [2.45, 2.75) is 18.9 Å². The standard InChI is InChI=1S/C10H13N7O2/c11-8(18)7-9-14-15-17(6-1-3-12-4-2-6)10(19)16(9)5-13-7/h5-6,12H,1-4H2,(H2,11,18). The van der Waals surface area contributed by atoms with E-state index < -0.39 is 5.91 Å². The van der Waals surface area contributed by atoms with Gasteiger partial charge in [-0.15, -0.1) is 5.10 Å². The van der Waals surface area contributed by atoms with Crippen LogP contribution in [0.25, 0.3) is 5.65 Å². The lowest BCUT2D eigenvalue weighted by Gasteiger charge is -2.22. The lowest BCUT2D eigenvalue weighted by Crippen LogP contribution is -2.38. The second-order valence-electron chi connectivity index (χ2n) is 4.45. The Morgan fingerprint density at radius 3 is 2.84 bits per heavy atom. The van der Waals surface area contributed by atoms with E-state index in [2.05, 4.69) is 20.6 Å². The zero-order chi connectivity index (χ0) is 13.4. The van der Waals surface area contributed by atoms with Crippen LogP contribution in [0.4, 0.5) is 0 Å². The first-order chi connectivity index (χ1) is 9.18. The molecule has 19 heavy (non-hydrogen) atoms. The molecule has 0 bridgehead atoms. The summed E-state index contributed by atoms with van der Waals surface area (Å²) in [5.74, 6) is -0.726. The molecule has 9 nitrogen and oxygen atoms in total. The van der Waals surface area contributed by atoms with Crippen molar-refractivity contribution in [3.8, 4) is 0 Å². The average Bonchev–Trinajstić information content (AvgIpc) is 2.85. The Bertz CT molecular complexity index is 683. The summed E-state index contributed by atoms with van der Waals surface area (Å²) in [6, 6.07) is 0.0186. The molecule has 0 aliphatic carbocycles. The molecule has 3 rings (SSSR count). The molecule has 100 valence electrons. The van der Waals surface area contributed by atoms with E-state index in [4.69, 9.17) is 5.73 Å². The number of fused-ring (bicyclic) bond motifs is 1. The summed E-state index contributed by atoms with van der Waals surface area (Å²) >= 11 is 0. The highest BCUT2D eigenvalue weighted by atomic mass is 16.2. The van der Waals surface area contributed by atoms with Gasteiger partial charge in [-0.2, -0.15) is 4.68 Å². The summed E-state index contributed by atoms with van der Waals surface area (Å²) in [5.41, 5.74) is 4.87. The monoisotopic (exact) mass is 263 g/mol. The number of imidazole rings is 1. The molecule has 0 saturated carbocycles. The largest absolute Gasteiger partial charge is 0.364 e. The number of primary amides is 1. The second kappa shape index (κ2) is 4.43. The van der Waals surface area contributed by atoms with Gasteiger partial charge in [0.25, 0.3) is 5.91 Å². The normalized spacial score (nSPS) is 16.8. The van der Waals surface area contributed by atoms with Crippen molar-refractivity contribution in [1.82, 2.24) is 29.7 Å². The molecule has 9 heteroatoms. The van der Waals surface area contributed by atoms with Gasteiger partial charge in [0, 0.05) is 0 Å². The van der Waals surface area contributed by atoms with Crippen LogP contribution in [0.15, 0.2) is 11.1 Å². The minimum Gasteiger partial charge on any atom is -0.364 e. The molecular weight excluding hydrogens is 250 g/mol. The smallest absolute Gasteiger partial charge is 0.353 e. The maximum absolute atomic E-state index is 12.3. The number of piperidine rings is 1. The van der Waals surface area contributed by atoms with E-state index in [9.17, 15) is 9.59 Å². The molecule has 0 aromatic carbocycles. The van der Waals surface area contributed by atoms with E-state index in [1.165, 1.54) is 15.4 Å². The summed E-state index contributed by atoms with van der Waals surface area (Å²) in [5, 5.41) is 11.0. The van der Waals surface area contributed by atoms with Gasteiger partial charge < -0.3 is 11.1 Å². The summed E-state index contributed by atoms with van der Waals surface area (Å²) in [6.45, 7) is 1.68. The van der Waals surface area contributed by atoms with Gasteiger partial charge in [0.05, 0.1) is 6.04 Å². The third kappa shape index (κ3) is 1.87. The van der Waals surface area contributed by atoms with Gasteiger partial charge in [-0.25, -0.2) is 14.2 Å². The summed E-state index contributed by atoms with van der Waals surface area (Å²) in [4.78, 5) is 27.2. The number of carbonyl (C=O) groups excluding carboxylic acids is 1. The van der Waals surface area contributed by atoms with E-state index in [1.807, 2.05) is 0 Å². The Kier molecular flexibility index (Phi) is 2.75. The van der Waals surface area contributed by atoms with Crippen molar-refractivity contribution in [3.63, 3.8) is 0 Å². The van der Waals surface area contributed by atoms with Crippen molar-refractivity contribution >= 4 is 11.6 Å². The zero-order valence-corrected chi connectivity index (χ0v) is 10.1. The molecule has 1 amide bonds. The number of nitrogens with zero attached hydrogens (tertiary/aromatic N) is 5. The van der Waals surface area contributed by atoms with Crippen LogP contribution >= 0.6 is 0 Å². The molecule has 0 radical (unpaired) electrons. The Morgan fingerprint density at radius 2 is 2.16 bits per heavy atom. The predicted octanol–water partition coefficient (Wildman–Crippen LogP) is -1.69. The molecule has 3 N–H and O–H groups in total. The summed E-state index contributed by atoms with van der Waals surface area (Å²) in [6.07, 6.45) is 2.89. The van der Waals surface area contributed by atoms with Crippen molar-refractivity contribution in [2.24, 2.45) is 5.73 Å². The fourth-order valence-corrected chi connectivity index (χ4v) is 2.27. The Balaban J connectivity index is 2.11. The zero-order valence-electron chi connectivity index (χ0n) is 10.1. The lowest BCUT2D eigenvalue weighted by atomic mass is 10.1. The minimum atomic E-state index is -0.726. The van der Waals surface area contributed by atoms with Gasteiger partial charge in [0.15, 0.2) is 11.3 Å². The van der Waals surface area contributed by atoms with E-state index in [1.54, 1.807) is 0 Å². The Labute approximate surface area is 107 Å². The minimum absolute atomic E-state index is 0.0186. The number of rotatable bonds is 2. The molecule has 2 aromatic rings. The number of nitrogens with one attached hydrogen (secondary N) is 1. The summed E-state index contributed by atoms with van der Waals surface area (Å²) < 4.78 is 2.55. The average molecular weight is 263 g/mol. The van der Waals surface area contributed by atoms with E-state index in [0.29, 0.717) is 0 Å². The van der Waals surface area contributed by atoms with Crippen LogP contribution in [0, 0.1) is 0 Å². The Morgan fingerprint density at radius 1 is 1.42 bits per heavy atom. The van der Waals surface area contributed by atoms with Gasteiger partial charge in [0.1, 0.15) is 6.33 Å². The van der Waals surface area contributed by atoms with E-state index in [-0.39, 0.29) is 23.1 Å². The molecule has 0 atom stereocenters. The first kappa shape index (κ1) is 11.8. The van der Waals surface area contributed by atoms with Gasteiger partial charge in [-0.05, 0) is 25.9 Å². The van der Waals surface area contributed by atoms with Crippen molar-refractivity contribution in [2.75, 3.05) is 13.1 Å². The number of hydrogen-bond acceptors (Lipinski definition) is 6. The van der Waals surface area contributed by atoms with Crippen LogP contribution in [-0.2, 0) is 0 Å². The number of nitrogens with two attached hydrogens (primary N) is 1. The van der Waals surface area contributed by atoms with E-state index in [0.717, 1.165) is 25.9 Å². The second-order valence-corrected chi connectivity index (χ2v) is 4.45. The molecular formula is C10H13N7O2. The van der Waals surface area contributed by atoms with E-state index >= 15 is 0 Å². The maximum atomic E-state index is 12.3. The fourth-order valence-electron chi connectivity index (χ4n) is 2.27. The van der Waals surface area contributed by atoms with Crippen molar-refractivity contribution in [3.05, 3.63) is 22.5 Å². The van der Waals surface area contributed by atoms with Gasteiger partial charge >= 0.3 is 5.69 Å². The van der Waals surface area contributed by atoms with Gasteiger partial charge in [-0.1, -0.05) is 5.21 Å². The number of amides is 1. The third-order valence-corrected chi connectivity index (χ3v) is 3.27. The SMILES string of the molecule is NC(=O)c1ncn2c(=O)n(C3CCNCC3)nnc12. The Hall–Kier alpha value is -2.29. The van der Waals surface area contributed by atoms with Crippen molar-refractivity contribution in [1.29, 1.82) is 0 Å². The quantitative estimate of drug-likeness (QED) is 0.667. The molecule has 0 unspecified atom stereocenters. The topological polar surface area (TPSA) is 120 Å². The molecule has 1 saturated heterocycles. The first-order valence-electron chi connectivity index (χ1n) is 6.01. The van der Waals surface area contributed by atoms with Crippen LogP contribution in [-0.4, -0.2) is 43.4 Å². The van der Waals surface area contributed by atoms with Gasteiger partial charge in [0.2, 0.25) is 0 Å². The third-order valence-electron chi connectivity index (χ3n) is 3.27. The maximum Gasteiger partial charge on any atom is 0.353 e. The molecule has 1 aliphatic rings. The molecule has 1 aliphatic heterocycles. The van der Waals surface area contributed by atoms with Crippen LogP contribution in [0.3, 0.4) is 0 Å². The predicted molar refractivity (Wildman–Crippen MR) is 64.7 cm³/mol. The van der Waals surface area contributed by atoms with Crippen LogP contribution in [0.1, 0.15) is 29.4 Å². The molecule has 1 fully saturated rings. The molecule has 3 heterocycles. The lowest BCUT2D eigenvalue weighted by molar-refractivity contribution is 0.0997. The van der Waals surface area contributed by atoms with Crippen LogP contribution < -0.4 is 16.7 Å². The highest BCUT2D eigenvalue weighted by Crippen LogP contribution is 2.14. The van der Waals surface area contributed by atoms with Crippen LogP contribution in [0.2, 0.25) is 0 Å². The van der Waals surface area contributed by atoms with Crippen molar-refractivity contribution < 1.29 is 4.79 Å². The molecule has 2 aromatic heterocycles. The molecule has 0 spiro atoms. The fraction of sp³-hybridized carbons (Fsp3) is 0.500. The highest BCUT2D eigenvalue weighted by Gasteiger charge is 2.21. The van der Waals surface area contributed by atoms with Crippen LogP contribution in [0.5, 0.6) is 0 Å². The number of aromatic nitrogens is 5. The first-order valence-corrected chi connectivity index (χ1v) is 6.01.